The van der Waals surface area contributed by atoms with Gasteiger partial charge < -0.3 is 0 Å². The first-order valence-electron chi connectivity index (χ1n) is 6.42. The minimum absolute atomic E-state index is 0.133. The Morgan fingerprint density at radius 3 is 2.14 bits per heavy atom. The second-order valence-electron chi connectivity index (χ2n) is 4.74. The number of hydrogen-bond donors (Lipinski definition) is 0. The molecule has 0 aliphatic rings. The summed E-state index contributed by atoms with van der Waals surface area (Å²) in [6, 6.07) is 15.2. The van der Waals surface area contributed by atoms with Gasteiger partial charge in [0.1, 0.15) is 0 Å². The van der Waals surface area contributed by atoms with Crippen molar-refractivity contribution >= 4 is 10.1 Å². The van der Waals surface area contributed by atoms with Crippen LogP contribution in [0.5, 0.6) is 0 Å². The lowest BCUT2D eigenvalue weighted by molar-refractivity contribution is 0.234. The van der Waals surface area contributed by atoms with E-state index < -0.39 is 16.2 Å². The van der Waals surface area contributed by atoms with Crippen molar-refractivity contribution in [3.8, 4) is 6.07 Å². The monoisotopic (exact) mass is 301 g/mol. The van der Waals surface area contributed by atoms with E-state index in [1.807, 2.05) is 13.0 Å². The summed E-state index contributed by atoms with van der Waals surface area (Å²) >= 11 is 0. The fourth-order valence-corrected chi connectivity index (χ4v) is 2.91. The molecule has 0 aliphatic carbocycles. The van der Waals surface area contributed by atoms with Gasteiger partial charge in [-0.2, -0.15) is 13.7 Å². The van der Waals surface area contributed by atoms with Gasteiger partial charge in [0.25, 0.3) is 10.1 Å². The van der Waals surface area contributed by atoms with Crippen LogP contribution in [0, 0.1) is 18.3 Å². The molecule has 0 saturated heterocycles. The summed E-state index contributed by atoms with van der Waals surface area (Å²) in [7, 11) is -3.81. The zero-order chi connectivity index (χ0) is 15.5. The van der Waals surface area contributed by atoms with Crippen LogP contribution in [0.1, 0.15) is 29.7 Å². The third kappa shape index (κ3) is 3.69. The van der Waals surface area contributed by atoms with Crippen LogP contribution in [0.2, 0.25) is 0 Å². The number of nitriles is 1. The second kappa shape index (κ2) is 6.08. The maximum atomic E-state index is 12.2. The van der Waals surface area contributed by atoms with E-state index in [1.165, 1.54) is 12.1 Å². The van der Waals surface area contributed by atoms with Gasteiger partial charge in [0.15, 0.2) is 0 Å². The largest absolute Gasteiger partial charge is 0.297 e. The summed E-state index contributed by atoms with van der Waals surface area (Å²) < 4.78 is 29.6. The van der Waals surface area contributed by atoms with Crippen molar-refractivity contribution in [2.24, 2.45) is 0 Å². The minimum Gasteiger partial charge on any atom is -0.258 e. The van der Waals surface area contributed by atoms with Crippen molar-refractivity contribution in [3.05, 3.63) is 65.2 Å². The predicted molar refractivity (Wildman–Crippen MR) is 79.0 cm³/mol. The van der Waals surface area contributed by atoms with E-state index in [2.05, 4.69) is 0 Å². The molecule has 21 heavy (non-hydrogen) atoms. The van der Waals surface area contributed by atoms with Crippen LogP contribution in [0.15, 0.2) is 53.4 Å². The van der Waals surface area contributed by atoms with Crippen molar-refractivity contribution in [2.75, 3.05) is 0 Å². The van der Waals surface area contributed by atoms with Gasteiger partial charge in [-0.3, -0.25) is 4.18 Å². The molecule has 0 amide bonds. The molecule has 5 heteroatoms. The Kier molecular flexibility index (Phi) is 4.41. The van der Waals surface area contributed by atoms with Gasteiger partial charge in [0.05, 0.1) is 22.6 Å². The highest BCUT2D eigenvalue weighted by atomic mass is 32.2. The van der Waals surface area contributed by atoms with Crippen molar-refractivity contribution < 1.29 is 12.6 Å². The van der Waals surface area contributed by atoms with Crippen molar-refractivity contribution in [1.82, 2.24) is 0 Å². The van der Waals surface area contributed by atoms with Crippen LogP contribution in [0.25, 0.3) is 0 Å². The fourth-order valence-electron chi connectivity index (χ4n) is 1.83. The molecule has 0 spiro atoms. The van der Waals surface area contributed by atoms with E-state index in [1.54, 1.807) is 43.3 Å². The Labute approximate surface area is 124 Å². The van der Waals surface area contributed by atoms with Crippen LogP contribution in [0.3, 0.4) is 0 Å². The number of benzene rings is 2. The second-order valence-corrected chi connectivity index (χ2v) is 6.31. The van der Waals surface area contributed by atoms with E-state index in [9.17, 15) is 8.42 Å². The van der Waals surface area contributed by atoms with Crippen LogP contribution in [-0.4, -0.2) is 8.42 Å². The average Bonchev–Trinajstić information content (AvgIpc) is 2.47. The number of hydrogen-bond acceptors (Lipinski definition) is 4. The number of rotatable bonds is 4. The summed E-state index contributed by atoms with van der Waals surface area (Å²) in [6.45, 7) is 3.55. The van der Waals surface area contributed by atoms with E-state index in [4.69, 9.17) is 9.44 Å². The Hall–Kier alpha value is -2.16. The molecular formula is C16H15NO3S. The van der Waals surface area contributed by atoms with E-state index in [0.29, 0.717) is 11.1 Å². The molecule has 0 bridgehead atoms. The molecule has 0 saturated carbocycles. The molecule has 2 aromatic rings. The molecule has 0 aliphatic heterocycles. The Morgan fingerprint density at radius 2 is 1.62 bits per heavy atom. The predicted octanol–water partition coefficient (Wildman–Crippen LogP) is 3.33. The molecule has 2 rings (SSSR count). The first-order valence-corrected chi connectivity index (χ1v) is 7.83. The summed E-state index contributed by atoms with van der Waals surface area (Å²) in [5, 5.41) is 8.75. The third-order valence-electron chi connectivity index (χ3n) is 3.09. The van der Waals surface area contributed by atoms with E-state index >= 15 is 0 Å². The maximum Gasteiger partial charge on any atom is 0.297 e. The zero-order valence-corrected chi connectivity index (χ0v) is 12.6. The molecule has 0 aromatic heterocycles. The highest BCUT2D eigenvalue weighted by Gasteiger charge is 2.19. The number of aryl methyl sites for hydroxylation is 1. The first-order chi connectivity index (χ1) is 9.92. The SMILES string of the molecule is Cc1ccc(S(=O)(=O)O[C@@H](C)c2ccc(C#N)cc2)cc1. The molecule has 0 fully saturated rings. The topological polar surface area (TPSA) is 67.2 Å². The summed E-state index contributed by atoms with van der Waals surface area (Å²) in [5.41, 5.74) is 2.20. The molecule has 4 nitrogen and oxygen atoms in total. The lowest BCUT2D eigenvalue weighted by Gasteiger charge is -2.13. The van der Waals surface area contributed by atoms with E-state index in [-0.39, 0.29) is 4.90 Å². The first kappa shape index (κ1) is 15.2. The van der Waals surface area contributed by atoms with Gasteiger partial charge in [-0.05, 0) is 43.7 Å². The maximum absolute atomic E-state index is 12.2. The summed E-state index contributed by atoms with van der Waals surface area (Å²) in [4.78, 5) is 0.133. The average molecular weight is 301 g/mol. The smallest absolute Gasteiger partial charge is 0.258 e. The fraction of sp³-hybridized carbons (Fsp3) is 0.188. The third-order valence-corrected chi connectivity index (χ3v) is 4.48. The van der Waals surface area contributed by atoms with Crippen LogP contribution >= 0.6 is 0 Å². The summed E-state index contributed by atoms with van der Waals surface area (Å²) in [5.74, 6) is 0. The molecular weight excluding hydrogens is 286 g/mol. The van der Waals surface area contributed by atoms with E-state index in [0.717, 1.165) is 5.56 Å². The van der Waals surface area contributed by atoms with Gasteiger partial charge >= 0.3 is 0 Å². The lowest BCUT2D eigenvalue weighted by Crippen LogP contribution is -2.10. The van der Waals surface area contributed by atoms with Crippen molar-refractivity contribution in [3.63, 3.8) is 0 Å². The Bertz CT molecular complexity index is 757. The van der Waals surface area contributed by atoms with Gasteiger partial charge in [-0.15, -0.1) is 0 Å². The standard InChI is InChI=1S/C16H15NO3S/c1-12-3-9-16(10-4-12)21(18,19)20-13(2)15-7-5-14(11-17)6-8-15/h3-10,13H,1-2H3/t13-/m0/s1. The highest BCUT2D eigenvalue weighted by molar-refractivity contribution is 7.86. The molecule has 1 atom stereocenters. The lowest BCUT2D eigenvalue weighted by atomic mass is 10.1. The summed E-state index contributed by atoms with van der Waals surface area (Å²) in [6.07, 6.45) is -0.621. The Morgan fingerprint density at radius 1 is 1.05 bits per heavy atom. The van der Waals surface area contributed by atoms with Gasteiger partial charge in [-0.1, -0.05) is 29.8 Å². The molecule has 2 aromatic carbocycles. The molecule has 0 heterocycles. The molecule has 0 N–H and O–H groups in total. The Balaban J connectivity index is 2.19. The minimum atomic E-state index is -3.81. The number of nitrogens with zero attached hydrogens (tertiary/aromatic N) is 1. The van der Waals surface area contributed by atoms with Crippen LogP contribution in [0.4, 0.5) is 0 Å². The highest BCUT2D eigenvalue weighted by Crippen LogP contribution is 2.23. The quantitative estimate of drug-likeness (QED) is 0.812. The zero-order valence-electron chi connectivity index (χ0n) is 11.8. The molecule has 108 valence electrons. The van der Waals surface area contributed by atoms with Gasteiger partial charge in [-0.25, -0.2) is 0 Å². The van der Waals surface area contributed by atoms with Crippen molar-refractivity contribution in [2.45, 2.75) is 24.8 Å². The normalized spacial score (nSPS) is 12.6. The van der Waals surface area contributed by atoms with Gasteiger partial charge in [0, 0.05) is 0 Å². The molecule has 0 unspecified atom stereocenters. The molecule has 0 radical (unpaired) electrons. The van der Waals surface area contributed by atoms with Gasteiger partial charge in [0.2, 0.25) is 0 Å². The van der Waals surface area contributed by atoms with Crippen LogP contribution < -0.4 is 0 Å². The van der Waals surface area contributed by atoms with Crippen LogP contribution in [-0.2, 0) is 14.3 Å². The van der Waals surface area contributed by atoms with Crippen molar-refractivity contribution in [1.29, 1.82) is 5.26 Å².